The number of likely N-dealkylation sites (N-methyl/N-ethyl adjacent to an activating group) is 1. The lowest BCUT2D eigenvalue weighted by atomic mass is 10.3. The van der Waals surface area contributed by atoms with E-state index in [1.807, 2.05) is 0 Å². The van der Waals surface area contributed by atoms with Gasteiger partial charge in [0.05, 0.1) is 6.61 Å². The van der Waals surface area contributed by atoms with E-state index in [9.17, 15) is 0 Å². The summed E-state index contributed by atoms with van der Waals surface area (Å²) in [6.45, 7) is 13.2. The summed E-state index contributed by atoms with van der Waals surface area (Å²) >= 11 is 0. The summed E-state index contributed by atoms with van der Waals surface area (Å²) in [4.78, 5) is 5.02. The molecule has 100 valence electrons. The van der Waals surface area contributed by atoms with E-state index in [0.717, 1.165) is 32.6 Å². The Balaban J connectivity index is 1.90. The van der Waals surface area contributed by atoms with Gasteiger partial charge in [-0.25, -0.2) is 0 Å². The maximum absolute atomic E-state index is 5.65. The van der Waals surface area contributed by atoms with Crippen LogP contribution in [0.2, 0.25) is 0 Å². The highest BCUT2D eigenvalue weighted by molar-refractivity contribution is 4.76. The molecule has 17 heavy (non-hydrogen) atoms. The smallest absolute Gasteiger partial charge is 0.0593 e. The van der Waals surface area contributed by atoms with Crippen LogP contribution < -0.4 is 0 Å². The molecule has 1 heterocycles. The first-order valence-electron chi connectivity index (χ1n) is 7.00. The predicted molar refractivity (Wildman–Crippen MR) is 73.4 cm³/mol. The SMILES string of the molecule is C/C=C\CCCOCCN1CCN(CC)CC1. The normalized spacial score (nSPS) is 19.2. The van der Waals surface area contributed by atoms with E-state index in [0.29, 0.717) is 0 Å². The van der Waals surface area contributed by atoms with Crippen molar-refractivity contribution in [2.45, 2.75) is 26.7 Å². The third-order valence-corrected chi connectivity index (χ3v) is 3.36. The Morgan fingerprint density at radius 3 is 2.41 bits per heavy atom. The molecule has 0 aromatic carbocycles. The zero-order valence-electron chi connectivity index (χ0n) is 11.5. The monoisotopic (exact) mass is 240 g/mol. The summed E-state index contributed by atoms with van der Waals surface area (Å²) in [7, 11) is 0. The second kappa shape index (κ2) is 9.63. The molecule has 0 spiro atoms. The summed E-state index contributed by atoms with van der Waals surface area (Å²) < 4.78 is 5.65. The number of hydrogen-bond acceptors (Lipinski definition) is 3. The summed E-state index contributed by atoms with van der Waals surface area (Å²) in [6, 6.07) is 0. The molecule has 0 amide bonds. The number of unbranched alkanes of at least 4 members (excludes halogenated alkanes) is 1. The number of hydrogen-bond donors (Lipinski definition) is 0. The van der Waals surface area contributed by atoms with E-state index in [2.05, 4.69) is 35.8 Å². The van der Waals surface area contributed by atoms with Crippen molar-refractivity contribution in [3.05, 3.63) is 12.2 Å². The molecule has 1 saturated heterocycles. The van der Waals surface area contributed by atoms with Gasteiger partial charge in [-0.1, -0.05) is 19.1 Å². The van der Waals surface area contributed by atoms with E-state index < -0.39 is 0 Å². The lowest BCUT2D eigenvalue weighted by Crippen LogP contribution is -2.47. The molecule has 0 bridgehead atoms. The van der Waals surface area contributed by atoms with Crippen LogP contribution in [0.5, 0.6) is 0 Å². The average Bonchev–Trinajstić information content (AvgIpc) is 2.38. The van der Waals surface area contributed by atoms with E-state index in [-0.39, 0.29) is 0 Å². The third kappa shape index (κ3) is 6.81. The van der Waals surface area contributed by atoms with Crippen molar-refractivity contribution in [2.75, 3.05) is 52.5 Å². The highest BCUT2D eigenvalue weighted by Crippen LogP contribution is 2.00. The molecule has 0 radical (unpaired) electrons. The van der Waals surface area contributed by atoms with E-state index in [1.165, 1.54) is 32.7 Å². The van der Waals surface area contributed by atoms with Gasteiger partial charge < -0.3 is 9.64 Å². The molecule has 0 aliphatic carbocycles. The fourth-order valence-electron chi connectivity index (χ4n) is 2.09. The molecule has 1 rings (SSSR count). The van der Waals surface area contributed by atoms with Crippen molar-refractivity contribution < 1.29 is 4.74 Å². The molecule has 0 aromatic heterocycles. The highest BCUT2D eigenvalue weighted by atomic mass is 16.5. The second-order valence-electron chi connectivity index (χ2n) is 4.60. The number of nitrogens with zero attached hydrogens (tertiary/aromatic N) is 2. The van der Waals surface area contributed by atoms with E-state index in [1.54, 1.807) is 0 Å². The van der Waals surface area contributed by atoms with E-state index >= 15 is 0 Å². The molecular formula is C14H28N2O. The van der Waals surface area contributed by atoms with Crippen LogP contribution in [0.15, 0.2) is 12.2 Å². The highest BCUT2D eigenvalue weighted by Gasteiger charge is 2.14. The van der Waals surface area contributed by atoms with Gasteiger partial charge >= 0.3 is 0 Å². The second-order valence-corrected chi connectivity index (χ2v) is 4.60. The standard InChI is InChI=1S/C14H28N2O/c1-3-5-6-7-13-17-14-12-16-10-8-15(4-2)9-11-16/h3,5H,4,6-14H2,1-2H3/b5-3-. The molecule has 1 aliphatic rings. The maximum atomic E-state index is 5.65. The maximum Gasteiger partial charge on any atom is 0.0593 e. The molecule has 1 fully saturated rings. The minimum Gasteiger partial charge on any atom is -0.380 e. The molecule has 0 N–H and O–H groups in total. The van der Waals surface area contributed by atoms with Crippen molar-refractivity contribution in [1.82, 2.24) is 9.80 Å². The molecule has 0 aromatic rings. The van der Waals surface area contributed by atoms with Crippen LogP contribution in [0, 0.1) is 0 Å². The van der Waals surface area contributed by atoms with Crippen LogP contribution in [-0.4, -0.2) is 62.3 Å². The topological polar surface area (TPSA) is 15.7 Å². The molecular weight excluding hydrogens is 212 g/mol. The van der Waals surface area contributed by atoms with Gasteiger partial charge in [0.2, 0.25) is 0 Å². The Morgan fingerprint density at radius 2 is 1.76 bits per heavy atom. The summed E-state index contributed by atoms with van der Waals surface area (Å²) in [5.74, 6) is 0. The van der Waals surface area contributed by atoms with Gasteiger partial charge in [-0.15, -0.1) is 0 Å². The molecule has 1 aliphatic heterocycles. The van der Waals surface area contributed by atoms with Gasteiger partial charge in [0.1, 0.15) is 0 Å². The van der Waals surface area contributed by atoms with Crippen molar-refractivity contribution in [3.63, 3.8) is 0 Å². The number of ether oxygens (including phenoxy) is 1. The van der Waals surface area contributed by atoms with Gasteiger partial charge in [-0.3, -0.25) is 4.90 Å². The molecule has 3 heteroatoms. The Labute approximate surface area is 106 Å². The Kier molecular flexibility index (Phi) is 8.32. The van der Waals surface area contributed by atoms with E-state index in [4.69, 9.17) is 4.74 Å². The molecule has 0 unspecified atom stereocenters. The van der Waals surface area contributed by atoms with Crippen LogP contribution in [0.4, 0.5) is 0 Å². The zero-order valence-corrected chi connectivity index (χ0v) is 11.5. The summed E-state index contributed by atoms with van der Waals surface area (Å²) in [5, 5.41) is 0. The predicted octanol–water partition coefficient (Wildman–Crippen LogP) is 2.00. The van der Waals surface area contributed by atoms with Crippen LogP contribution in [0.3, 0.4) is 0 Å². The fourth-order valence-corrected chi connectivity index (χ4v) is 2.09. The van der Waals surface area contributed by atoms with Gasteiger partial charge in [0.15, 0.2) is 0 Å². The number of piperazine rings is 1. The van der Waals surface area contributed by atoms with Crippen LogP contribution in [0.1, 0.15) is 26.7 Å². The van der Waals surface area contributed by atoms with Crippen molar-refractivity contribution in [3.8, 4) is 0 Å². The third-order valence-electron chi connectivity index (χ3n) is 3.36. The quantitative estimate of drug-likeness (QED) is 0.477. The van der Waals surface area contributed by atoms with Gasteiger partial charge in [0, 0.05) is 39.3 Å². The molecule has 0 saturated carbocycles. The number of rotatable bonds is 8. The number of allylic oxidation sites excluding steroid dienone is 2. The first kappa shape index (κ1) is 14.7. The average molecular weight is 240 g/mol. The summed E-state index contributed by atoms with van der Waals surface area (Å²) in [5.41, 5.74) is 0. The Bertz CT molecular complexity index is 198. The van der Waals surface area contributed by atoms with Gasteiger partial charge in [-0.05, 0) is 26.3 Å². The van der Waals surface area contributed by atoms with Gasteiger partial charge in [-0.2, -0.15) is 0 Å². The Hall–Kier alpha value is -0.380. The van der Waals surface area contributed by atoms with Crippen LogP contribution in [0.25, 0.3) is 0 Å². The van der Waals surface area contributed by atoms with Crippen molar-refractivity contribution in [2.24, 2.45) is 0 Å². The first-order valence-corrected chi connectivity index (χ1v) is 7.00. The minimum absolute atomic E-state index is 0.891. The van der Waals surface area contributed by atoms with Gasteiger partial charge in [0.25, 0.3) is 0 Å². The first-order chi connectivity index (χ1) is 8.36. The lowest BCUT2D eigenvalue weighted by molar-refractivity contribution is 0.0763. The fraction of sp³-hybridized carbons (Fsp3) is 0.857. The lowest BCUT2D eigenvalue weighted by Gasteiger charge is -2.33. The minimum atomic E-state index is 0.891. The molecule has 0 atom stereocenters. The van der Waals surface area contributed by atoms with Crippen molar-refractivity contribution in [1.29, 1.82) is 0 Å². The Morgan fingerprint density at radius 1 is 1.06 bits per heavy atom. The molecule has 3 nitrogen and oxygen atoms in total. The van der Waals surface area contributed by atoms with Crippen LogP contribution >= 0.6 is 0 Å². The van der Waals surface area contributed by atoms with Crippen molar-refractivity contribution >= 4 is 0 Å². The summed E-state index contributed by atoms with van der Waals surface area (Å²) in [6.07, 6.45) is 6.60. The zero-order chi connectivity index (χ0) is 12.3. The van der Waals surface area contributed by atoms with Crippen LogP contribution in [-0.2, 0) is 4.74 Å². The largest absolute Gasteiger partial charge is 0.380 e.